The first-order chi connectivity index (χ1) is 28.6. The van der Waals surface area contributed by atoms with Crippen molar-refractivity contribution in [2.75, 3.05) is 0 Å². The molecule has 0 bridgehead atoms. The van der Waals surface area contributed by atoms with Crippen molar-refractivity contribution >= 4 is 54.4 Å². The van der Waals surface area contributed by atoms with E-state index in [1.807, 2.05) is 103 Å². The van der Waals surface area contributed by atoms with Crippen LogP contribution in [0.25, 0.3) is 111 Å². The third-order valence-corrected chi connectivity index (χ3v) is 10.6. The highest BCUT2D eigenvalue weighted by Crippen LogP contribution is 2.38. The van der Waals surface area contributed by atoms with Crippen molar-refractivity contribution in [3.63, 3.8) is 0 Å². The summed E-state index contributed by atoms with van der Waals surface area (Å²) in [5, 5.41) is 5.55. The largest absolute Gasteiger partial charge is 0.254 e. The number of halogens is 2. The maximum absolute atomic E-state index is 16.2. The van der Waals surface area contributed by atoms with Gasteiger partial charge in [-0.05, 0) is 99.8 Å². The van der Waals surface area contributed by atoms with Gasteiger partial charge >= 0.3 is 0 Å². The molecule has 0 radical (unpaired) electrons. The second kappa shape index (κ2) is 13.4. The molecule has 0 aliphatic carbocycles. The molecule has 0 saturated carbocycles. The summed E-state index contributed by atoms with van der Waals surface area (Å²) in [6.45, 7) is 0. The molecule has 0 spiro atoms. The topological polar surface area (TPSA) is 90.2 Å². The lowest BCUT2D eigenvalue weighted by atomic mass is 9.96. The first-order valence-corrected chi connectivity index (χ1v) is 18.7. The highest BCUT2D eigenvalue weighted by atomic mass is 19.1. The lowest BCUT2D eigenvalue weighted by Gasteiger charge is -2.14. The fourth-order valence-corrected chi connectivity index (χ4v) is 7.83. The molecule has 0 atom stereocenters. The smallest absolute Gasteiger partial charge is 0.167 e. The minimum atomic E-state index is -0.534. The molecule has 0 saturated heterocycles. The first kappa shape index (κ1) is 33.4. The minimum Gasteiger partial charge on any atom is -0.254 e. The van der Waals surface area contributed by atoms with Crippen LogP contribution in [0.4, 0.5) is 8.78 Å². The summed E-state index contributed by atoms with van der Waals surface area (Å²) >= 11 is 0. The van der Waals surface area contributed by atoms with E-state index < -0.39 is 11.6 Å². The first-order valence-electron chi connectivity index (χ1n) is 18.7. The molecule has 6 aromatic carbocycles. The highest BCUT2D eigenvalue weighted by Gasteiger charge is 2.21. The zero-order chi connectivity index (χ0) is 38.7. The quantitative estimate of drug-likeness (QED) is 0.162. The zero-order valence-electron chi connectivity index (χ0n) is 30.5. The average Bonchev–Trinajstić information content (AvgIpc) is 3.28. The van der Waals surface area contributed by atoms with Gasteiger partial charge in [0.15, 0.2) is 17.5 Å². The number of rotatable bonds is 5. The molecule has 0 aliphatic heterocycles. The van der Waals surface area contributed by atoms with Crippen LogP contribution in [0.1, 0.15) is 0 Å². The van der Waals surface area contributed by atoms with Crippen LogP contribution in [0.3, 0.4) is 0 Å². The number of hydrogen-bond donors (Lipinski definition) is 0. The fourth-order valence-electron chi connectivity index (χ4n) is 7.83. The maximum Gasteiger partial charge on any atom is 0.167 e. The Morgan fingerprint density at radius 1 is 0.310 bits per heavy atom. The fraction of sp³-hybridized carbons (Fsp3) is 0. The Labute approximate surface area is 329 Å². The number of pyridine rings is 4. The Hall–Kier alpha value is -7.91. The van der Waals surface area contributed by atoms with E-state index >= 15 is 8.78 Å². The van der Waals surface area contributed by atoms with Gasteiger partial charge < -0.3 is 0 Å². The summed E-state index contributed by atoms with van der Waals surface area (Å²) in [4.78, 5) is 33.1. The minimum absolute atomic E-state index is 0.0635. The Balaban J connectivity index is 1.13. The van der Waals surface area contributed by atoms with Gasteiger partial charge in [-0.15, -0.1) is 0 Å². The van der Waals surface area contributed by atoms with Crippen LogP contribution in [0.5, 0.6) is 0 Å². The molecular weight excluding hydrogens is 725 g/mol. The van der Waals surface area contributed by atoms with Crippen molar-refractivity contribution in [3.05, 3.63) is 176 Å². The lowest BCUT2D eigenvalue weighted by molar-refractivity contribution is 0.628. The highest BCUT2D eigenvalue weighted by molar-refractivity contribution is 6.11. The molecule has 11 aromatic rings. The molecule has 0 amide bonds. The van der Waals surface area contributed by atoms with Gasteiger partial charge in [-0.1, -0.05) is 72.8 Å². The van der Waals surface area contributed by atoms with Crippen LogP contribution in [-0.2, 0) is 0 Å². The number of nitrogens with zero attached hydrogens (tertiary/aromatic N) is 7. The van der Waals surface area contributed by atoms with Crippen LogP contribution in [-0.4, -0.2) is 34.9 Å². The Morgan fingerprint density at radius 2 is 0.759 bits per heavy atom. The predicted molar refractivity (Wildman–Crippen MR) is 226 cm³/mol. The molecule has 9 heteroatoms. The van der Waals surface area contributed by atoms with Crippen LogP contribution >= 0.6 is 0 Å². The molecular formula is C49H27F2N7. The van der Waals surface area contributed by atoms with Gasteiger partial charge in [-0.25, -0.2) is 23.7 Å². The van der Waals surface area contributed by atoms with E-state index in [0.717, 1.165) is 76.6 Å². The van der Waals surface area contributed by atoms with E-state index in [0.29, 0.717) is 5.56 Å². The molecule has 7 nitrogen and oxygen atoms in total. The van der Waals surface area contributed by atoms with Crippen molar-refractivity contribution < 1.29 is 8.78 Å². The van der Waals surface area contributed by atoms with Gasteiger partial charge in [-0.2, -0.15) is 0 Å². The number of benzene rings is 6. The monoisotopic (exact) mass is 751 g/mol. The van der Waals surface area contributed by atoms with Crippen molar-refractivity contribution in [1.82, 2.24) is 34.9 Å². The normalized spacial score (nSPS) is 11.6. The molecule has 0 aliphatic rings. The van der Waals surface area contributed by atoms with Crippen LogP contribution in [0, 0.1) is 11.6 Å². The van der Waals surface area contributed by atoms with Crippen molar-refractivity contribution in [1.29, 1.82) is 0 Å². The molecule has 0 fully saturated rings. The van der Waals surface area contributed by atoms with Crippen LogP contribution < -0.4 is 0 Å². The molecule has 0 N–H and O–H groups in total. The van der Waals surface area contributed by atoms with Gasteiger partial charge in [0.2, 0.25) is 0 Å². The van der Waals surface area contributed by atoms with E-state index in [1.165, 1.54) is 12.1 Å². The second-order valence-corrected chi connectivity index (χ2v) is 14.1. The molecule has 5 aromatic heterocycles. The van der Waals surface area contributed by atoms with E-state index in [2.05, 4.69) is 19.9 Å². The average molecular weight is 752 g/mol. The van der Waals surface area contributed by atoms with Gasteiger partial charge in [0.25, 0.3) is 0 Å². The van der Waals surface area contributed by atoms with Crippen molar-refractivity contribution in [2.45, 2.75) is 0 Å². The van der Waals surface area contributed by atoms with Gasteiger partial charge in [-0.3, -0.25) is 19.9 Å². The molecule has 5 heterocycles. The lowest BCUT2D eigenvalue weighted by Crippen LogP contribution is -2.03. The number of aromatic nitrogens is 7. The summed E-state index contributed by atoms with van der Waals surface area (Å²) in [6.07, 6.45) is 6.97. The zero-order valence-corrected chi connectivity index (χ0v) is 30.5. The Bertz CT molecular complexity index is 3270. The second-order valence-electron chi connectivity index (χ2n) is 14.1. The van der Waals surface area contributed by atoms with E-state index in [-0.39, 0.29) is 28.6 Å². The van der Waals surface area contributed by atoms with E-state index in [1.54, 1.807) is 49.1 Å². The number of hydrogen-bond acceptors (Lipinski definition) is 7. The van der Waals surface area contributed by atoms with E-state index in [9.17, 15) is 0 Å². The standard InChI is InChI=1S/C49H27F2N7/c50-41-17-15-30(37-26-32-9-3-19-52-43(32)45-35(37)11-5-21-54-45)24-39(41)48-56-47(34-14-13-28-7-1-2-8-29(28)23-34)57-49(58-48)40-25-31(16-18-42(40)51)38-27-33-10-4-20-53-44(33)46-36(38)12-6-22-55-46/h1-27H. The summed E-state index contributed by atoms with van der Waals surface area (Å²) in [5.74, 6) is -0.665. The third-order valence-electron chi connectivity index (χ3n) is 10.6. The molecule has 0 unspecified atom stereocenters. The number of fused-ring (bicyclic) bond motifs is 7. The molecule has 11 rings (SSSR count). The van der Waals surface area contributed by atoms with E-state index in [4.69, 9.17) is 15.0 Å². The summed E-state index contributed by atoms with van der Waals surface area (Å²) in [7, 11) is 0. The van der Waals surface area contributed by atoms with Gasteiger partial charge in [0, 0.05) is 51.9 Å². The van der Waals surface area contributed by atoms with Crippen molar-refractivity contribution in [2.24, 2.45) is 0 Å². The van der Waals surface area contributed by atoms with Crippen LogP contribution in [0.15, 0.2) is 164 Å². The Morgan fingerprint density at radius 3 is 1.31 bits per heavy atom. The SMILES string of the molecule is Fc1ccc(-c2cc3cccnc3c3ncccc23)cc1-c1nc(-c2ccc3ccccc3c2)nc(-c2cc(-c3cc4cccnc4c4ncccc34)ccc2F)n1. The third kappa shape index (κ3) is 5.59. The molecule has 58 heavy (non-hydrogen) atoms. The predicted octanol–water partition coefficient (Wildman–Crippen LogP) is 11.8. The molecule has 272 valence electrons. The van der Waals surface area contributed by atoms with Crippen LogP contribution in [0.2, 0.25) is 0 Å². The van der Waals surface area contributed by atoms with Gasteiger partial charge in [0.1, 0.15) is 11.6 Å². The Kier molecular flexibility index (Phi) is 7.72. The summed E-state index contributed by atoms with van der Waals surface area (Å²) < 4.78 is 32.5. The summed E-state index contributed by atoms with van der Waals surface area (Å²) in [6, 6.07) is 43.1. The van der Waals surface area contributed by atoms with Crippen molar-refractivity contribution in [3.8, 4) is 56.4 Å². The maximum atomic E-state index is 16.2. The van der Waals surface area contributed by atoms with Gasteiger partial charge in [0.05, 0.1) is 33.2 Å². The summed E-state index contributed by atoms with van der Waals surface area (Å²) in [5.41, 5.74) is 7.15.